The molecular formula is C15H22N2OS. The molecule has 1 amide bonds. The number of hydrogen-bond acceptors (Lipinski definition) is 3. The monoisotopic (exact) mass is 278 g/mol. The van der Waals surface area contributed by atoms with Gasteiger partial charge in [0.2, 0.25) is 5.91 Å². The first-order chi connectivity index (χ1) is 9.31. The topological polar surface area (TPSA) is 32.3 Å². The second-order valence-electron chi connectivity index (χ2n) is 5.51. The Morgan fingerprint density at radius 3 is 3.16 bits per heavy atom. The number of amides is 1. The van der Waals surface area contributed by atoms with Gasteiger partial charge in [0.15, 0.2) is 0 Å². The summed E-state index contributed by atoms with van der Waals surface area (Å²) in [7, 11) is 0. The molecule has 3 heterocycles. The van der Waals surface area contributed by atoms with Gasteiger partial charge in [-0.3, -0.25) is 4.79 Å². The van der Waals surface area contributed by atoms with Crippen molar-refractivity contribution in [1.82, 2.24) is 10.2 Å². The van der Waals surface area contributed by atoms with Gasteiger partial charge < -0.3 is 10.2 Å². The van der Waals surface area contributed by atoms with Crippen molar-refractivity contribution in [2.45, 2.75) is 51.1 Å². The molecular weight excluding hydrogens is 256 g/mol. The van der Waals surface area contributed by atoms with Gasteiger partial charge in [-0.25, -0.2) is 0 Å². The Morgan fingerprint density at radius 1 is 1.53 bits per heavy atom. The Bertz CT molecular complexity index is 451. The first-order valence-electron chi connectivity index (χ1n) is 7.41. The minimum absolute atomic E-state index is 0.0583. The number of nitrogens with one attached hydrogen (secondary N) is 1. The molecule has 2 atom stereocenters. The van der Waals surface area contributed by atoms with Gasteiger partial charge in [-0.1, -0.05) is 13.3 Å². The second kappa shape index (κ2) is 5.63. The van der Waals surface area contributed by atoms with Crippen molar-refractivity contribution in [3.05, 3.63) is 21.9 Å². The van der Waals surface area contributed by atoms with Crippen LogP contribution in [0, 0.1) is 0 Å². The van der Waals surface area contributed by atoms with Gasteiger partial charge in [-0.2, -0.15) is 0 Å². The number of fused-ring (bicyclic) bond motifs is 1. The number of nitrogens with zero attached hydrogens (tertiary/aromatic N) is 1. The number of rotatable bonds is 2. The van der Waals surface area contributed by atoms with E-state index in [4.69, 9.17) is 0 Å². The van der Waals surface area contributed by atoms with Crippen LogP contribution in [0.3, 0.4) is 0 Å². The fourth-order valence-corrected chi connectivity index (χ4v) is 4.29. The standard InChI is InChI=1S/C15H22N2OS/c1-2-13-11-7-10-19-14(11)6-9-17(13)15(18)12-5-3-4-8-16-12/h7,10,12-13,16H,2-6,8-9H2,1H3. The summed E-state index contributed by atoms with van der Waals surface area (Å²) in [5.74, 6) is 0.323. The number of thiophene rings is 1. The normalized spacial score (nSPS) is 27.1. The lowest BCUT2D eigenvalue weighted by molar-refractivity contribution is -0.137. The molecule has 19 heavy (non-hydrogen) atoms. The van der Waals surface area contributed by atoms with Crippen LogP contribution in [0.4, 0.5) is 0 Å². The molecule has 1 N–H and O–H groups in total. The molecule has 4 heteroatoms. The molecule has 0 saturated carbocycles. The summed E-state index contributed by atoms with van der Waals surface area (Å²) >= 11 is 1.84. The second-order valence-corrected chi connectivity index (χ2v) is 6.51. The van der Waals surface area contributed by atoms with Crippen molar-refractivity contribution < 1.29 is 4.79 Å². The van der Waals surface area contributed by atoms with Gasteiger partial charge in [0, 0.05) is 11.4 Å². The van der Waals surface area contributed by atoms with Crippen LogP contribution >= 0.6 is 11.3 Å². The average Bonchev–Trinajstić information content (AvgIpc) is 2.94. The van der Waals surface area contributed by atoms with Crippen molar-refractivity contribution in [1.29, 1.82) is 0 Å². The van der Waals surface area contributed by atoms with Crippen LogP contribution in [0.1, 0.15) is 49.1 Å². The van der Waals surface area contributed by atoms with Gasteiger partial charge >= 0.3 is 0 Å². The van der Waals surface area contributed by atoms with Crippen molar-refractivity contribution in [2.75, 3.05) is 13.1 Å². The zero-order chi connectivity index (χ0) is 13.2. The number of hydrogen-bond donors (Lipinski definition) is 1. The maximum Gasteiger partial charge on any atom is 0.240 e. The maximum atomic E-state index is 12.7. The van der Waals surface area contributed by atoms with Gasteiger partial charge in [-0.05, 0) is 49.2 Å². The molecule has 1 saturated heterocycles. The summed E-state index contributed by atoms with van der Waals surface area (Å²) in [5, 5.41) is 5.56. The van der Waals surface area contributed by atoms with Crippen molar-refractivity contribution in [3.63, 3.8) is 0 Å². The van der Waals surface area contributed by atoms with Gasteiger partial charge in [0.05, 0.1) is 12.1 Å². The molecule has 3 nitrogen and oxygen atoms in total. The largest absolute Gasteiger partial charge is 0.334 e. The Morgan fingerprint density at radius 2 is 2.42 bits per heavy atom. The first-order valence-corrected chi connectivity index (χ1v) is 8.29. The maximum absolute atomic E-state index is 12.7. The Balaban J connectivity index is 1.78. The predicted octanol–water partition coefficient (Wildman–Crippen LogP) is 2.73. The number of piperidine rings is 1. The van der Waals surface area contributed by atoms with Gasteiger partial charge in [-0.15, -0.1) is 11.3 Å². The molecule has 0 aliphatic carbocycles. The predicted molar refractivity (Wildman–Crippen MR) is 78.4 cm³/mol. The molecule has 0 bridgehead atoms. The molecule has 0 radical (unpaired) electrons. The van der Waals surface area contributed by atoms with Gasteiger partial charge in [0.1, 0.15) is 0 Å². The summed E-state index contributed by atoms with van der Waals surface area (Å²) < 4.78 is 0. The summed E-state index contributed by atoms with van der Waals surface area (Å²) in [6.45, 7) is 4.07. The highest BCUT2D eigenvalue weighted by molar-refractivity contribution is 7.10. The number of carbonyl (C=O) groups excluding carboxylic acids is 1. The van der Waals surface area contributed by atoms with Gasteiger partial charge in [0.25, 0.3) is 0 Å². The fraction of sp³-hybridized carbons (Fsp3) is 0.667. The highest BCUT2D eigenvalue weighted by atomic mass is 32.1. The quantitative estimate of drug-likeness (QED) is 0.902. The van der Waals surface area contributed by atoms with E-state index in [2.05, 4.69) is 28.6 Å². The average molecular weight is 278 g/mol. The van der Waals surface area contributed by atoms with Crippen molar-refractivity contribution >= 4 is 17.2 Å². The molecule has 0 spiro atoms. The van der Waals surface area contributed by atoms with Crippen LogP contribution in [-0.2, 0) is 11.2 Å². The van der Waals surface area contributed by atoms with Crippen LogP contribution < -0.4 is 5.32 Å². The van der Waals surface area contributed by atoms with E-state index in [1.165, 1.54) is 23.3 Å². The lowest BCUT2D eigenvalue weighted by atomic mass is 9.95. The van der Waals surface area contributed by atoms with Crippen molar-refractivity contribution in [2.24, 2.45) is 0 Å². The fourth-order valence-electron chi connectivity index (χ4n) is 3.36. The third-order valence-electron chi connectivity index (χ3n) is 4.37. The zero-order valence-electron chi connectivity index (χ0n) is 11.5. The molecule has 2 aliphatic rings. The SMILES string of the molecule is CCC1c2ccsc2CCN1C(=O)C1CCCCN1. The lowest BCUT2D eigenvalue weighted by Gasteiger charge is -2.38. The third-order valence-corrected chi connectivity index (χ3v) is 5.37. The highest BCUT2D eigenvalue weighted by Gasteiger charge is 2.34. The third kappa shape index (κ3) is 2.43. The minimum atomic E-state index is 0.0583. The lowest BCUT2D eigenvalue weighted by Crippen LogP contribution is -2.51. The molecule has 3 rings (SSSR count). The van der Waals surface area contributed by atoms with Crippen LogP contribution in [0.15, 0.2) is 11.4 Å². The Labute approximate surface area is 119 Å². The molecule has 1 aromatic rings. The van der Waals surface area contributed by atoms with E-state index in [1.54, 1.807) is 0 Å². The van der Waals surface area contributed by atoms with Crippen LogP contribution in [0.5, 0.6) is 0 Å². The van der Waals surface area contributed by atoms with Crippen LogP contribution in [-0.4, -0.2) is 29.9 Å². The molecule has 2 unspecified atom stereocenters. The molecule has 1 aromatic heterocycles. The summed E-state index contributed by atoms with van der Waals surface area (Å²) in [6.07, 6.45) is 5.43. The highest BCUT2D eigenvalue weighted by Crippen LogP contribution is 2.35. The van der Waals surface area contributed by atoms with Crippen molar-refractivity contribution in [3.8, 4) is 0 Å². The Kier molecular flexibility index (Phi) is 3.89. The Hall–Kier alpha value is -0.870. The summed E-state index contributed by atoms with van der Waals surface area (Å²) in [4.78, 5) is 16.3. The first kappa shape index (κ1) is 13.1. The van der Waals surface area contributed by atoms with E-state index in [0.717, 1.165) is 32.4 Å². The van der Waals surface area contributed by atoms with E-state index in [-0.39, 0.29) is 6.04 Å². The zero-order valence-corrected chi connectivity index (χ0v) is 12.3. The minimum Gasteiger partial charge on any atom is -0.334 e. The smallest absolute Gasteiger partial charge is 0.240 e. The summed E-state index contributed by atoms with van der Waals surface area (Å²) in [6, 6.07) is 2.57. The molecule has 104 valence electrons. The molecule has 1 fully saturated rings. The molecule has 2 aliphatic heterocycles. The number of carbonyl (C=O) groups is 1. The summed E-state index contributed by atoms with van der Waals surface area (Å²) in [5.41, 5.74) is 1.39. The van der Waals surface area contributed by atoms with E-state index >= 15 is 0 Å². The van der Waals surface area contributed by atoms with Crippen LogP contribution in [0.2, 0.25) is 0 Å². The van der Waals surface area contributed by atoms with E-state index in [1.807, 2.05) is 11.3 Å². The van der Waals surface area contributed by atoms with E-state index in [0.29, 0.717) is 11.9 Å². The molecule has 0 aromatic carbocycles. The van der Waals surface area contributed by atoms with Crippen LogP contribution in [0.25, 0.3) is 0 Å². The van der Waals surface area contributed by atoms with E-state index < -0.39 is 0 Å². The van der Waals surface area contributed by atoms with E-state index in [9.17, 15) is 4.79 Å².